The van der Waals surface area contributed by atoms with E-state index in [9.17, 15) is 9.59 Å². The van der Waals surface area contributed by atoms with Crippen LogP contribution < -0.4 is 10.6 Å². The molecule has 1 heterocycles. The summed E-state index contributed by atoms with van der Waals surface area (Å²) in [7, 11) is 0. The van der Waals surface area contributed by atoms with Crippen LogP contribution in [0.25, 0.3) is 5.69 Å². The number of nitrogens with one attached hydrogen (secondary N) is 2. The lowest BCUT2D eigenvalue weighted by molar-refractivity contribution is -0.115. The van der Waals surface area contributed by atoms with Crippen molar-refractivity contribution in [3.63, 3.8) is 0 Å². The van der Waals surface area contributed by atoms with E-state index < -0.39 is 0 Å². The molecule has 0 aliphatic heterocycles. The molecule has 0 saturated heterocycles. The van der Waals surface area contributed by atoms with Crippen LogP contribution in [0.15, 0.2) is 54.9 Å². The first-order valence-corrected chi connectivity index (χ1v) is 7.70. The molecule has 0 radical (unpaired) electrons. The van der Waals surface area contributed by atoms with E-state index in [1.54, 1.807) is 55.5 Å². The number of carbonyl (C=O) groups is 2. The Bertz CT molecular complexity index is 892. The molecular formula is C17H16N6O2. The highest BCUT2D eigenvalue weighted by atomic mass is 16.2. The number of carbonyl (C=O) groups excluding carboxylic acids is 2. The predicted molar refractivity (Wildman–Crippen MR) is 92.5 cm³/mol. The molecule has 25 heavy (non-hydrogen) atoms. The molecule has 3 rings (SSSR count). The van der Waals surface area contributed by atoms with Crippen molar-refractivity contribution in [3.8, 4) is 5.69 Å². The minimum absolute atomic E-state index is 0.0855. The molecule has 0 aliphatic carbocycles. The summed E-state index contributed by atoms with van der Waals surface area (Å²) in [6.45, 7) is 1.78. The first-order chi connectivity index (χ1) is 12.2. The van der Waals surface area contributed by atoms with Gasteiger partial charge in [0.15, 0.2) is 0 Å². The molecule has 3 aromatic rings. The van der Waals surface area contributed by atoms with E-state index in [0.29, 0.717) is 29.0 Å². The highest BCUT2D eigenvalue weighted by Crippen LogP contribution is 2.17. The molecule has 0 atom stereocenters. The Hall–Kier alpha value is -3.55. The van der Waals surface area contributed by atoms with Gasteiger partial charge in [-0.05, 0) is 46.8 Å². The summed E-state index contributed by atoms with van der Waals surface area (Å²) in [5, 5.41) is 16.5. The second-order valence-corrected chi connectivity index (χ2v) is 5.24. The zero-order valence-corrected chi connectivity index (χ0v) is 13.5. The minimum atomic E-state index is -0.270. The Kier molecular flexibility index (Phi) is 4.79. The number of anilines is 2. The van der Waals surface area contributed by atoms with Crippen LogP contribution in [0.5, 0.6) is 0 Å². The summed E-state index contributed by atoms with van der Waals surface area (Å²) in [6, 6.07) is 13.9. The van der Waals surface area contributed by atoms with E-state index in [4.69, 9.17) is 0 Å². The fourth-order valence-electron chi connectivity index (χ4n) is 2.20. The van der Waals surface area contributed by atoms with Crippen molar-refractivity contribution in [2.45, 2.75) is 13.3 Å². The third kappa shape index (κ3) is 4.05. The third-order valence-electron chi connectivity index (χ3n) is 3.45. The van der Waals surface area contributed by atoms with Gasteiger partial charge < -0.3 is 10.6 Å². The van der Waals surface area contributed by atoms with E-state index in [1.165, 1.54) is 11.0 Å². The molecule has 0 fully saturated rings. The number of hydrogen-bond donors (Lipinski definition) is 2. The van der Waals surface area contributed by atoms with Crippen LogP contribution in [-0.4, -0.2) is 32.0 Å². The zero-order chi connectivity index (χ0) is 17.6. The van der Waals surface area contributed by atoms with Crippen LogP contribution in [0, 0.1) is 0 Å². The monoisotopic (exact) mass is 336 g/mol. The van der Waals surface area contributed by atoms with E-state index in [1.807, 2.05) is 0 Å². The highest BCUT2D eigenvalue weighted by molar-refractivity contribution is 6.05. The molecular weight excluding hydrogens is 320 g/mol. The summed E-state index contributed by atoms with van der Waals surface area (Å²) in [5.74, 6) is -0.355. The SMILES string of the molecule is CCC(=O)Nc1cccc(NC(=O)c2cccc(-n3cnnn3)c2)c1. The number of nitrogens with zero attached hydrogens (tertiary/aromatic N) is 4. The summed E-state index contributed by atoms with van der Waals surface area (Å²) in [6.07, 6.45) is 1.84. The molecule has 2 N–H and O–H groups in total. The molecule has 0 saturated carbocycles. The average Bonchev–Trinajstić information content (AvgIpc) is 3.17. The van der Waals surface area contributed by atoms with Crippen molar-refractivity contribution in [1.29, 1.82) is 0 Å². The number of hydrogen-bond acceptors (Lipinski definition) is 5. The van der Waals surface area contributed by atoms with Crippen molar-refractivity contribution in [1.82, 2.24) is 20.2 Å². The third-order valence-corrected chi connectivity index (χ3v) is 3.45. The molecule has 0 spiro atoms. The summed E-state index contributed by atoms with van der Waals surface area (Å²) in [5.41, 5.74) is 2.37. The van der Waals surface area contributed by atoms with Crippen molar-refractivity contribution in [2.24, 2.45) is 0 Å². The van der Waals surface area contributed by atoms with E-state index >= 15 is 0 Å². The first-order valence-electron chi connectivity index (χ1n) is 7.70. The lowest BCUT2D eigenvalue weighted by Crippen LogP contribution is -2.13. The lowest BCUT2D eigenvalue weighted by atomic mass is 10.2. The van der Waals surface area contributed by atoms with Gasteiger partial charge in [-0.1, -0.05) is 19.1 Å². The summed E-state index contributed by atoms with van der Waals surface area (Å²) < 4.78 is 1.47. The number of tetrazole rings is 1. The second-order valence-electron chi connectivity index (χ2n) is 5.24. The van der Waals surface area contributed by atoms with E-state index in [2.05, 4.69) is 26.2 Å². The molecule has 8 heteroatoms. The Morgan fingerprint density at radius 3 is 2.52 bits per heavy atom. The maximum Gasteiger partial charge on any atom is 0.255 e. The average molecular weight is 336 g/mol. The van der Waals surface area contributed by atoms with Gasteiger partial charge in [-0.15, -0.1) is 5.10 Å². The predicted octanol–water partition coefficient (Wildman–Crippen LogP) is 2.26. The van der Waals surface area contributed by atoms with Gasteiger partial charge in [0, 0.05) is 23.4 Å². The van der Waals surface area contributed by atoms with E-state index in [-0.39, 0.29) is 11.8 Å². The molecule has 2 amide bonds. The van der Waals surface area contributed by atoms with Gasteiger partial charge in [0.25, 0.3) is 5.91 Å². The number of rotatable bonds is 5. The topological polar surface area (TPSA) is 102 Å². The summed E-state index contributed by atoms with van der Waals surface area (Å²) >= 11 is 0. The van der Waals surface area contributed by atoms with Gasteiger partial charge in [-0.3, -0.25) is 9.59 Å². The van der Waals surface area contributed by atoms with Crippen LogP contribution in [0.3, 0.4) is 0 Å². The molecule has 1 aromatic heterocycles. The Morgan fingerprint density at radius 2 is 1.80 bits per heavy atom. The Morgan fingerprint density at radius 1 is 1.04 bits per heavy atom. The maximum atomic E-state index is 12.5. The molecule has 0 bridgehead atoms. The Labute approximate surface area is 143 Å². The number of benzene rings is 2. The van der Waals surface area contributed by atoms with Gasteiger partial charge in [0.05, 0.1) is 5.69 Å². The second kappa shape index (κ2) is 7.35. The lowest BCUT2D eigenvalue weighted by Gasteiger charge is -2.09. The molecule has 8 nitrogen and oxygen atoms in total. The fraction of sp³-hybridized carbons (Fsp3) is 0.118. The summed E-state index contributed by atoms with van der Waals surface area (Å²) in [4.78, 5) is 23.9. The van der Waals surface area contributed by atoms with Gasteiger partial charge in [-0.2, -0.15) is 0 Å². The van der Waals surface area contributed by atoms with Crippen molar-refractivity contribution < 1.29 is 9.59 Å². The van der Waals surface area contributed by atoms with Gasteiger partial charge >= 0.3 is 0 Å². The van der Waals surface area contributed by atoms with Crippen molar-refractivity contribution >= 4 is 23.2 Å². The van der Waals surface area contributed by atoms with Crippen LogP contribution >= 0.6 is 0 Å². The van der Waals surface area contributed by atoms with Crippen LogP contribution in [0.4, 0.5) is 11.4 Å². The van der Waals surface area contributed by atoms with Crippen LogP contribution in [0.2, 0.25) is 0 Å². The van der Waals surface area contributed by atoms with Gasteiger partial charge in [0.2, 0.25) is 5.91 Å². The van der Waals surface area contributed by atoms with Crippen LogP contribution in [-0.2, 0) is 4.79 Å². The van der Waals surface area contributed by atoms with Gasteiger partial charge in [-0.25, -0.2) is 4.68 Å². The van der Waals surface area contributed by atoms with Crippen molar-refractivity contribution in [2.75, 3.05) is 10.6 Å². The quantitative estimate of drug-likeness (QED) is 0.744. The normalized spacial score (nSPS) is 10.3. The maximum absolute atomic E-state index is 12.5. The largest absolute Gasteiger partial charge is 0.326 e. The number of amides is 2. The highest BCUT2D eigenvalue weighted by Gasteiger charge is 2.09. The fourth-order valence-corrected chi connectivity index (χ4v) is 2.20. The molecule has 126 valence electrons. The van der Waals surface area contributed by atoms with Crippen LogP contribution in [0.1, 0.15) is 23.7 Å². The van der Waals surface area contributed by atoms with Gasteiger partial charge in [0.1, 0.15) is 6.33 Å². The zero-order valence-electron chi connectivity index (χ0n) is 13.5. The van der Waals surface area contributed by atoms with E-state index in [0.717, 1.165) is 0 Å². The molecule has 2 aromatic carbocycles. The first kappa shape index (κ1) is 16.3. The number of aromatic nitrogens is 4. The molecule has 0 aliphatic rings. The standard InChI is InChI=1S/C17H16N6O2/c1-2-16(24)19-13-6-4-7-14(10-13)20-17(25)12-5-3-8-15(9-12)23-11-18-21-22-23/h3-11H,2H2,1H3,(H,19,24)(H,20,25). The van der Waals surface area contributed by atoms with Crippen molar-refractivity contribution in [3.05, 3.63) is 60.4 Å². The molecule has 0 unspecified atom stereocenters. The minimum Gasteiger partial charge on any atom is -0.326 e. The Balaban J connectivity index is 1.75. The smallest absolute Gasteiger partial charge is 0.255 e.